The summed E-state index contributed by atoms with van der Waals surface area (Å²) in [5, 5.41) is 3.92. The molecule has 2 saturated heterocycles. The summed E-state index contributed by atoms with van der Waals surface area (Å²) in [6, 6.07) is 19.5. The maximum Gasteiger partial charge on any atom is 0.326 e. The molecule has 0 saturated carbocycles. The van der Waals surface area contributed by atoms with Crippen LogP contribution >= 0.6 is 0 Å². The molecule has 4 rings (SSSR count). The van der Waals surface area contributed by atoms with Crippen LogP contribution in [0.3, 0.4) is 0 Å². The number of carbonyl (C=O) groups excluding carboxylic acids is 3. The third-order valence-corrected chi connectivity index (χ3v) is 5.10. The molecule has 8 nitrogen and oxygen atoms in total. The van der Waals surface area contributed by atoms with Crippen LogP contribution in [0.15, 0.2) is 60.7 Å². The van der Waals surface area contributed by atoms with Gasteiger partial charge in [-0.2, -0.15) is 5.43 Å². The summed E-state index contributed by atoms with van der Waals surface area (Å²) < 4.78 is 0. The molecule has 3 amide bonds. The zero-order valence-corrected chi connectivity index (χ0v) is 16.0. The minimum absolute atomic E-state index is 0.216. The SMILES string of the molecule is O=C(CN1NC2N(CCN2c2ccccc2)C(=O)C1=O)NCCc1ccccc1. The maximum atomic E-state index is 12.5. The summed E-state index contributed by atoms with van der Waals surface area (Å²) in [6.07, 6.45) is 0.213. The number of amides is 3. The number of carbonyl (C=O) groups is 3. The molecule has 2 heterocycles. The van der Waals surface area contributed by atoms with E-state index in [2.05, 4.69) is 10.7 Å². The van der Waals surface area contributed by atoms with Gasteiger partial charge in [0.25, 0.3) is 0 Å². The minimum atomic E-state index is -0.714. The quantitative estimate of drug-likeness (QED) is 0.691. The monoisotopic (exact) mass is 393 g/mol. The van der Waals surface area contributed by atoms with Crippen molar-refractivity contribution in [3.8, 4) is 0 Å². The van der Waals surface area contributed by atoms with Gasteiger partial charge in [-0.15, -0.1) is 0 Å². The highest BCUT2D eigenvalue weighted by Crippen LogP contribution is 2.24. The molecular weight excluding hydrogens is 370 g/mol. The Balaban J connectivity index is 1.36. The highest BCUT2D eigenvalue weighted by atomic mass is 16.2. The zero-order valence-electron chi connectivity index (χ0n) is 16.0. The van der Waals surface area contributed by atoms with Crippen molar-refractivity contribution in [3.05, 3.63) is 66.2 Å². The molecule has 2 aliphatic rings. The van der Waals surface area contributed by atoms with E-state index in [-0.39, 0.29) is 12.5 Å². The van der Waals surface area contributed by atoms with Crippen LogP contribution in [-0.2, 0) is 20.8 Å². The lowest BCUT2D eigenvalue weighted by Gasteiger charge is -2.40. The minimum Gasteiger partial charge on any atom is -0.354 e. The van der Waals surface area contributed by atoms with Crippen LogP contribution in [0.2, 0.25) is 0 Å². The van der Waals surface area contributed by atoms with Crippen LogP contribution in [0.25, 0.3) is 0 Å². The molecule has 150 valence electrons. The van der Waals surface area contributed by atoms with Crippen molar-refractivity contribution in [3.63, 3.8) is 0 Å². The van der Waals surface area contributed by atoms with Gasteiger partial charge in [0.1, 0.15) is 6.54 Å². The third-order valence-electron chi connectivity index (χ3n) is 5.10. The molecule has 0 aliphatic carbocycles. The molecule has 29 heavy (non-hydrogen) atoms. The van der Waals surface area contributed by atoms with E-state index in [9.17, 15) is 14.4 Å². The van der Waals surface area contributed by atoms with Crippen molar-refractivity contribution in [2.24, 2.45) is 0 Å². The second kappa shape index (κ2) is 8.32. The molecular formula is C21H23N5O3. The molecule has 1 unspecified atom stereocenters. The van der Waals surface area contributed by atoms with E-state index in [1.54, 1.807) is 0 Å². The Morgan fingerprint density at radius 1 is 0.931 bits per heavy atom. The first kappa shape index (κ1) is 18.9. The lowest BCUT2D eigenvalue weighted by molar-refractivity contribution is -0.163. The summed E-state index contributed by atoms with van der Waals surface area (Å²) in [6.45, 7) is 1.31. The van der Waals surface area contributed by atoms with E-state index < -0.39 is 18.1 Å². The largest absolute Gasteiger partial charge is 0.354 e. The summed E-state index contributed by atoms with van der Waals surface area (Å²) in [5.41, 5.74) is 5.10. The maximum absolute atomic E-state index is 12.5. The van der Waals surface area contributed by atoms with Crippen molar-refractivity contribution in [1.29, 1.82) is 0 Å². The van der Waals surface area contributed by atoms with Gasteiger partial charge in [-0.3, -0.25) is 24.3 Å². The molecule has 0 bridgehead atoms. The van der Waals surface area contributed by atoms with Crippen molar-refractivity contribution < 1.29 is 14.4 Å². The van der Waals surface area contributed by atoms with Crippen LogP contribution in [0.4, 0.5) is 5.69 Å². The standard InChI is InChI=1S/C21H23N5O3/c27-18(22-12-11-16-7-3-1-4-8-16)15-26-20(29)19(28)25-14-13-24(21(25)23-26)17-9-5-2-6-10-17/h1-10,21,23H,11-15H2,(H,22,27). The number of hydrogen-bond donors (Lipinski definition) is 2. The van der Waals surface area contributed by atoms with Crippen LogP contribution in [0.1, 0.15) is 5.56 Å². The fourth-order valence-corrected chi connectivity index (χ4v) is 3.61. The number of benzene rings is 2. The van der Waals surface area contributed by atoms with Crippen LogP contribution in [0, 0.1) is 0 Å². The van der Waals surface area contributed by atoms with Crippen LogP contribution in [0.5, 0.6) is 0 Å². The number of fused-ring (bicyclic) bond motifs is 1. The molecule has 2 N–H and O–H groups in total. The molecule has 2 aromatic rings. The second-order valence-electron chi connectivity index (χ2n) is 7.01. The van der Waals surface area contributed by atoms with Crippen molar-refractivity contribution >= 4 is 23.4 Å². The van der Waals surface area contributed by atoms with Gasteiger partial charge in [-0.05, 0) is 24.1 Å². The highest BCUT2D eigenvalue weighted by molar-refractivity contribution is 6.35. The molecule has 2 aromatic carbocycles. The Hall–Kier alpha value is -3.39. The molecule has 0 spiro atoms. The van der Waals surface area contributed by atoms with Gasteiger partial charge in [-0.25, -0.2) is 0 Å². The summed E-state index contributed by atoms with van der Waals surface area (Å²) >= 11 is 0. The van der Waals surface area contributed by atoms with Gasteiger partial charge < -0.3 is 10.2 Å². The zero-order chi connectivity index (χ0) is 20.2. The van der Waals surface area contributed by atoms with Gasteiger partial charge in [0.15, 0.2) is 6.29 Å². The average molecular weight is 393 g/mol. The molecule has 0 aromatic heterocycles. The number of hydrazine groups is 1. The smallest absolute Gasteiger partial charge is 0.326 e. The molecule has 2 fully saturated rings. The molecule has 8 heteroatoms. The van der Waals surface area contributed by atoms with Gasteiger partial charge in [0.05, 0.1) is 0 Å². The van der Waals surface area contributed by atoms with Crippen LogP contribution < -0.4 is 15.6 Å². The molecule has 2 aliphatic heterocycles. The lowest BCUT2D eigenvalue weighted by atomic mass is 10.1. The number of anilines is 1. The second-order valence-corrected chi connectivity index (χ2v) is 7.01. The van der Waals surface area contributed by atoms with Crippen molar-refractivity contribution in [2.75, 3.05) is 31.1 Å². The van der Waals surface area contributed by atoms with E-state index in [0.717, 1.165) is 16.3 Å². The Kier molecular flexibility index (Phi) is 5.44. The van der Waals surface area contributed by atoms with E-state index in [1.165, 1.54) is 4.90 Å². The fraction of sp³-hybridized carbons (Fsp3) is 0.286. The molecule has 0 radical (unpaired) electrons. The number of nitrogens with one attached hydrogen (secondary N) is 2. The Morgan fingerprint density at radius 2 is 1.59 bits per heavy atom. The Bertz CT molecular complexity index is 890. The van der Waals surface area contributed by atoms with Gasteiger partial charge in [0, 0.05) is 25.3 Å². The van der Waals surface area contributed by atoms with E-state index in [4.69, 9.17) is 0 Å². The van der Waals surface area contributed by atoms with Gasteiger partial charge in [0.2, 0.25) is 5.91 Å². The third kappa shape index (κ3) is 4.07. The number of nitrogens with zero attached hydrogens (tertiary/aromatic N) is 3. The Morgan fingerprint density at radius 3 is 2.31 bits per heavy atom. The van der Waals surface area contributed by atoms with Crippen molar-refractivity contribution in [1.82, 2.24) is 20.7 Å². The van der Waals surface area contributed by atoms with Gasteiger partial charge >= 0.3 is 11.8 Å². The topological polar surface area (TPSA) is 85.0 Å². The van der Waals surface area contributed by atoms with Crippen LogP contribution in [-0.4, -0.2) is 60.1 Å². The fourth-order valence-electron chi connectivity index (χ4n) is 3.61. The van der Waals surface area contributed by atoms with E-state index >= 15 is 0 Å². The lowest BCUT2D eigenvalue weighted by Crippen LogP contribution is -2.68. The van der Waals surface area contributed by atoms with E-state index in [0.29, 0.717) is 26.1 Å². The predicted octanol–water partition coefficient (Wildman–Crippen LogP) is 0.325. The number of hydrogen-bond acceptors (Lipinski definition) is 5. The normalized spacial score (nSPS) is 18.8. The van der Waals surface area contributed by atoms with Crippen molar-refractivity contribution in [2.45, 2.75) is 12.7 Å². The highest BCUT2D eigenvalue weighted by Gasteiger charge is 2.45. The average Bonchev–Trinajstić information content (AvgIpc) is 3.17. The summed E-state index contributed by atoms with van der Waals surface area (Å²) in [4.78, 5) is 40.7. The summed E-state index contributed by atoms with van der Waals surface area (Å²) in [7, 11) is 0. The first-order valence-corrected chi connectivity index (χ1v) is 9.64. The summed E-state index contributed by atoms with van der Waals surface area (Å²) in [5.74, 6) is -1.62. The first-order chi connectivity index (χ1) is 14.1. The molecule has 1 atom stereocenters. The van der Waals surface area contributed by atoms with Gasteiger partial charge in [-0.1, -0.05) is 48.5 Å². The number of rotatable bonds is 6. The first-order valence-electron chi connectivity index (χ1n) is 9.64. The van der Waals surface area contributed by atoms with E-state index in [1.807, 2.05) is 65.6 Å². The number of para-hydroxylation sites is 1. The predicted molar refractivity (Wildman–Crippen MR) is 107 cm³/mol. The Labute approximate surface area is 169 Å².